The smallest absolute Gasteiger partial charge is 0.249 e. The number of amides is 1. The second kappa shape index (κ2) is 8.51. The van der Waals surface area contributed by atoms with Crippen LogP contribution in [-0.4, -0.2) is 46.6 Å². The van der Waals surface area contributed by atoms with Gasteiger partial charge in [-0.25, -0.2) is 8.42 Å². The molecule has 0 aliphatic heterocycles. The third-order valence-corrected chi connectivity index (χ3v) is 7.44. The normalized spacial score (nSPS) is 12.8. The minimum absolute atomic E-state index is 0. The number of benzene rings is 1. The van der Waals surface area contributed by atoms with Crippen LogP contribution < -0.4 is 10.1 Å². The van der Waals surface area contributed by atoms with Crippen molar-refractivity contribution < 1.29 is 17.9 Å². The van der Waals surface area contributed by atoms with E-state index in [-0.39, 0.29) is 13.4 Å². The molecule has 1 atom stereocenters. The Morgan fingerprint density at radius 1 is 1.30 bits per heavy atom. The Morgan fingerprint density at radius 2 is 1.89 bits per heavy atom. The Morgan fingerprint density at radius 3 is 2.41 bits per heavy atom. The van der Waals surface area contributed by atoms with Crippen LogP contribution in [0.25, 0.3) is 11.4 Å². The number of hydrogen-bond acceptors (Lipinski definition) is 6. The van der Waals surface area contributed by atoms with Crippen LogP contribution in [0.15, 0.2) is 24.3 Å². The van der Waals surface area contributed by atoms with E-state index in [4.69, 9.17) is 4.74 Å². The van der Waals surface area contributed by atoms with E-state index in [1.54, 1.807) is 45.2 Å². The number of H-pyrrole nitrogens is 1. The van der Waals surface area contributed by atoms with Crippen LogP contribution in [0.2, 0.25) is 0 Å². The van der Waals surface area contributed by atoms with Crippen molar-refractivity contribution in [2.45, 2.75) is 51.5 Å². The minimum atomic E-state index is -3.65. The van der Waals surface area contributed by atoms with Crippen molar-refractivity contribution in [3.63, 3.8) is 0 Å². The highest BCUT2D eigenvalue weighted by Gasteiger charge is 2.44. The van der Waals surface area contributed by atoms with Crippen LogP contribution in [0, 0.1) is 0 Å². The molecule has 0 radical (unpaired) electrons. The van der Waals surface area contributed by atoms with Crippen molar-refractivity contribution in [2.75, 3.05) is 12.4 Å². The summed E-state index contributed by atoms with van der Waals surface area (Å²) in [7, 11) is -2.08. The molecule has 0 saturated heterocycles. The number of carbonyl (C=O) groups excluding carboxylic acids is 1. The van der Waals surface area contributed by atoms with Crippen molar-refractivity contribution in [1.29, 1.82) is 0 Å². The first-order chi connectivity index (χ1) is 12.1. The summed E-state index contributed by atoms with van der Waals surface area (Å²) in [6.07, 6.45) is 0.432. The maximum Gasteiger partial charge on any atom is 0.249 e. The van der Waals surface area contributed by atoms with Gasteiger partial charge in [-0.1, -0.05) is 14.4 Å². The number of anilines is 1. The Labute approximate surface area is 160 Å². The van der Waals surface area contributed by atoms with Gasteiger partial charge in [-0.15, -0.1) is 5.10 Å². The van der Waals surface area contributed by atoms with Crippen molar-refractivity contribution >= 4 is 21.7 Å². The molecule has 1 amide bonds. The van der Waals surface area contributed by atoms with Gasteiger partial charge in [0, 0.05) is 5.56 Å². The number of nitrogens with zero attached hydrogens (tertiary/aromatic N) is 2. The van der Waals surface area contributed by atoms with Crippen molar-refractivity contribution in [3.05, 3.63) is 24.3 Å². The molecule has 0 unspecified atom stereocenters. The maximum absolute atomic E-state index is 12.6. The highest BCUT2D eigenvalue weighted by Crippen LogP contribution is 2.25. The highest BCUT2D eigenvalue weighted by molar-refractivity contribution is 7.94. The maximum atomic E-state index is 12.6. The Bertz CT molecular complexity index is 873. The SMILES string of the molecule is C.CC[C@H](C)S(=O)(=O)C(C)(C)C(=O)Nc1n[nH]c(-c2ccc(OC)cc2)n1. The van der Waals surface area contributed by atoms with E-state index in [0.717, 1.165) is 5.56 Å². The predicted octanol–water partition coefficient (Wildman–Crippen LogP) is 3.05. The van der Waals surface area contributed by atoms with E-state index < -0.39 is 25.7 Å². The number of aromatic amines is 1. The minimum Gasteiger partial charge on any atom is -0.497 e. The lowest BCUT2D eigenvalue weighted by Gasteiger charge is -2.26. The summed E-state index contributed by atoms with van der Waals surface area (Å²) in [6, 6.07) is 7.14. The summed E-state index contributed by atoms with van der Waals surface area (Å²) in [5, 5.41) is 8.53. The molecule has 0 saturated carbocycles. The van der Waals surface area contributed by atoms with Crippen LogP contribution in [0.1, 0.15) is 41.5 Å². The van der Waals surface area contributed by atoms with Crippen molar-refractivity contribution in [2.24, 2.45) is 0 Å². The standard InChI is InChI=1S/C17H24N4O4S.CH4/c1-6-11(2)26(23,24)17(3,4)15(22)19-16-18-14(20-21-16)12-7-9-13(25-5)10-8-12;/h7-11H,6H2,1-5H3,(H2,18,19,20,21,22);1H4/t11-;/m0./s1. The van der Waals surface area contributed by atoms with Crippen LogP contribution >= 0.6 is 0 Å². The van der Waals surface area contributed by atoms with Gasteiger partial charge in [-0.3, -0.25) is 15.2 Å². The van der Waals surface area contributed by atoms with Gasteiger partial charge < -0.3 is 4.74 Å². The topological polar surface area (TPSA) is 114 Å². The third-order valence-electron chi connectivity index (χ3n) is 4.44. The Balaban J connectivity index is 0.00000364. The molecular formula is C18H28N4O4S. The molecule has 2 aromatic rings. The second-order valence-corrected chi connectivity index (χ2v) is 9.38. The number of aromatic nitrogens is 3. The number of sulfone groups is 1. The molecule has 8 nitrogen and oxygen atoms in total. The Hall–Kier alpha value is -2.42. The van der Waals surface area contributed by atoms with Crippen LogP contribution in [0.4, 0.5) is 5.95 Å². The van der Waals surface area contributed by atoms with Gasteiger partial charge in [0.15, 0.2) is 15.7 Å². The van der Waals surface area contributed by atoms with Gasteiger partial charge in [0.1, 0.15) is 10.5 Å². The monoisotopic (exact) mass is 396 g/mol. The molecule has 0 aliphatic carbocycles. The average Bonchev–Trinajstić information content (AvgIpc) is 3.09. The fourth-order valence-electron chi connectivity index (χ4n) is 2.30. The van der Waals surface area contributed by atoms with Gasteiger partial charge in [-0.2, -0.15) is 4.98 Å². The zero-order valence-electron chi connectivity index (χ0n) is 15.5. The summed E-state index contributed by atoms with van der Waals surface area (Å²) in [5.41, 5.74) is 0.755. The summed E-state index contributed by atoms with van der Waals surface area (Å²) in [5.74, 6) is 0.510. The molecule has 2 N–H and O–H groups in total. The van der Waals surface area contributed by atoms with Gasteiger partial charge in [0.05, 0.1) is 12.4 Å². The molecular weight excluding hydrogens is 368 g/mol. The molecule has 0 aliphatic rings. The molecule has 0 spiro atoms. The number of carbonyl (C=O) groups is 1. The van der Waals surface area contributed by atoms with Crippen LogP contribution in [0.5, 0.6) is 5.75 Å². The zero-order valence-corrected chi connectivity index (χ0v) is 16.3. The van der Waals surface area contributed by atoms with Gasteiger partial charge in [0.2, 0.25) is 11.9 Å². The number of methoxy groups -OCH3 is 1. The lowest BCUT2D eigenvalue weighted by molar-refractivity contribution is -0.117. The predicted molar refractivity (Wildman–Crippen MR) is 106 cm³/mol. The molecule has 2 rings (SSSR count). The lowest BCUT2D eigenvalue weighted by Crippen LogP contribution is -2.48. The fourth-order valence-corrected chi connectivity index (χ4v) is 4.05. The highest BCUT2D eigenvalue weighted by atomic mass is 32.2. The number of nitrogens with one attached hydrogen (secondary N) is 2. The van der Waals surface area contributed by atoms with Crippen molar-refractivity contribution in [3.8, 4) is 17.1 Å². The van der Waals surface area contributed by atoms with Gasteiger partial charge in [0.25, 0.3) is 0 Å². The molecule has 150 valence electrons. The summed E-state index contributed by atoms with van der Waals surface area (Å²) in [6.45, 7) is 6.15. The van der Waals surface area contributed by atoms with E-state index in [9.17, 15) is 13.2 Å². The molecule has 1 aromatic carbocycles. The number of rotatable bonds is 7. The van der Waals surface area contributed by atoms with Crippen LogP contribution in [0.3, 0.4) is 0 Å². The Kier molecular flexibility index (Phi) is 7.13. The zero-order chi connectivity index (χ0) is 19.5. The van der Waals surface area contributed by atoms with Gasteiger partial charge in [-0.05, 0) is 51.5 Å². The summed E-state index contributed by atoms with van der Waals surface area (Å²) >= 11 is 0. The van der Waals surface area contributed by atoms with E-state index in [1.165, 1.54) is 13.8 Å². The second-order valence-electron chi connectivity index (χ2n) is 6.46. The first-order valence-corrected chi connectivity index (χ1v) is 9.79. The van der Waals surface area contributed by atoms with Gasteiger partial charge >= 0.3 is 0 Å². The third kappa shape index (κ3) is 4.47. The molecule has 9 heteroatoms. The first kappa shape index (κ1) is 22.6. The molecule has 1 heterocycles. The molecule has 1 aromatic heterocycles. The molecule has 27 heavy (non-hydrogen) atoms. The number of hydrogen-bond donors (Lipinski definition) is 2. The molecule has 0 bridgehead atoms. The van der Waals surface area contributed by atoms with E-state index >= 15 is 0 Å². The number of ether oxygens (including phenoxy) is 1. The summed E-state index contributed by atoms with van der Waals surface area (Å²) in [4.78, 5) is 16.7. The fraction of sp³-hybridized carbons (Fsp3) is 0.500. The van der Waals surface area contributed by atoms with Crippen molar-refractivity contribution in [1.82, 2.24) is 15.2 Å². The average molecular weight is 397 g/mol. The van der Waals surface area contributed by atoms with E-state index in [1.807, 2.05) is 0 Å². The lowest BCUT2D eigenvalue weighted by atomic mass is 10.2. The largest absolute Gasteiger partial charge is 0.497 e. The van der Waals surface area contributed by atoms with Crippen LogP contribution in [-0.2, 0) is 14.6 Å². The summed E-state index contributed by atoms with van der Waals surface area (Å²) < 4.78 is 28.7. The van der Waals surface area contributed by atoms with E-state index in [0.29, 0.717) is 18.0 Å². The molecule has 0 fully saturated rings. The van der Waals surface area contributed by atoms with E-state index in [2.05, 4.69) is 20.5 Å². The first-order valence-electron chi connectivity index (χ1n) is 8.25. The quantitative estimate of drug-likeness (QED) is 0.743.